The van der Waals surface area contributed by atoms with E-state index in [9.17, 15) is 4.79 Å². The van der Waals surface area contributed by atoms with Crippen LogP contribution in [0.2, 0.25) is 5.02 Å². The first-order chi connectivity index (χ1) is 9.43. The summed E-state index contributed by atoms with van der Waals surface area (Å²) in [7, 11) is 0. The highest BCUT2D eigenvalue weighted by Gasteiger charge is 2.34. The van der Waals surface area contributed by atoms with Crippen molar-refractivity contribution in [2.45, 2.75) is 12.5 Å². The number of hydrogen-bond donors (Lipinski definition) is 2. The molecule has 1 amide bonds. The number of amides is 1. The Bertz CT molecular complexity index is 636. The molecule has 20 heavy (non-hydrogen) atoms. The molecule has 2 aromatic rings. The zero-order chi connectivity index (χ0) is 14.8. The molecule has 0 aliphatic carbocycles. The van der Waals surface area contributed by atoms with Gasteiger partial charge in [-0.25, -0.2) is 0 Å². The van der Waals surface area contributed by atoms with Gasteiger partial charge >= 0.3 is 0 Å². The monoisotopic (exact) mass is 353 g/mol. The summed E-state index contributed by atoms with van der Waals surface area (Å²) >= 11 is 9.30. The highest BCUT2D eigenvalue weighted by molar-refractivity contribution is 9.10. The average Bonchev–Trinajstić information content (AvgIpc) is 2.43. The largest absolute Gasteiger partial charge is 0.367 e. The summed E-state index contributed by atoms with van der Waals surface area (Å²) < 4.78 is 0.733. The van der Waals surface area contributed by atoms with Crippen molar-refractivity contribution in [1.82, 2.24) is 4.98 Å². The summed E-state index contributed by atoms with van der Waals surface area (Å²) in [6.07, 6.45) is 1.62. The van der Waals surface area contributed by atoms with Crippen molar-refractivity contribution in [3.05, 3.63) is 57.8 Å². The van der Waals surface area contributed by atoms with E-state index in [1.165, 1.54) is 0 Å². The number of pyridine rings is 1. The van der Waals surface area contributed by atoms with E-state index in [4.69, 9.17) is 17.3 Å². The highest BCUT2D eigenvalue weighted by atomic mass is 79.9. The Morgan fingerprint density at radius 3 is 2.70 bits per heavy atom. The lowest BCUT2D eigenvalue weighted by Crippen LogP contribution is -2.45. The van der Waals surface area contributed by atoms with Crippen LogP contribution in [0.3, 0.4) is 0 Å². The van der Waals surface area contributed by atoms with Crippen LogP contribution in [0.5, 0.6) is 0 Å². The van der Waals surface area contributed by atoms with Crippen molar-refractivity contribution in [1.29, 1.82) is 0 Å². The number of primary amides is 1. The molecule has 0 bridgehead atoms. The van der Waals surface area contributed by atoms with Gasteiger partial charge in [-0.15, -0.1) is 0 Å². The van der Waals surface area contributed by atoms with Crippen LogP contribution in [-0.4, -0.2) is 10.9 Å². The SMILES string of the molecule is CC(Nc1ccc(Cl)c(Br)c1)(C(N)=O)c1ccccn1. The molecule has 0 radical (unpaired) electrons. The van der Waals surface area contributed by atoms with E-state index in [1.807, 2.05) is 6.07 Å². The van der Waals surface area contributed by atoms with E-state index in [0.29, 0.717) is 16.4 Å². The van der Waals surface area contributed by atoms with Crippen LogP contribution in [0.25, 0.3) is 0 Å². The molecule has 0 aliphatic rings. The molecule has 1 atom stereocenters. The van der Waals surface area contributed by atoms with Gasteiger partial charge in [0.05, 0.1) is 10.7 Å². The molecule has 0 saturated heterocycles. The van der Waals surface area contributed by atoms with Gasteiger partial charge in [-0.05, 0) is 53.2 Å². The number of benzene rings is 1. The summed E-state index contributed by atoms with van der Waals surface area (Å²) in [4.78, 5) is 16.1. The maximum atomic E-state index is 11.9. The van der Waals surface area contributed by atoms with Gasteiger partial charge in [0, 0.05) is 16.4 Å². The summed E-state index contributed by atoms with van der Waals surface area (Å²) in [5.74, 6) is -0.512. The molecule has 104 valence electrons. The van der Waals surface area contributed by atoms with Crippen molar-refractivity contribution >= 4 is 39.1 Å². The molecule has 1 unspecified atom stereocenters. The van der Waals surface area contributed by atoms with Crippen LogP contribution in [0.1, 0.15) is 12.6 Å². The lowest BCUT2D eigenvalue weighted by molar-refractivity contribution is -0.122. The molecular formula is C14H13BrClN3O. The van der Waals surface area contributed by atoms with E-state index < -0.39 is 11.4 Å². The van der Waals surface area contributed by atoms with Crippen LogP contribution in [0.4, 0.5) is 5.69 Å². The van der Waals surface area contributed by atoms with Crippen LogP contribution >= 0.6 is 27.5 Å². The summed E-state index contributed by atoms with van der Waals surface area (Å²) in [6, 6.07) is 10.6. The van der Waals surface area contributed by atoms with Crippen molar-refractivity contribution in [2.24, 2.45) is 5.73 Å². The second-order valence-electron chi connectivity index (χ2n) is 4.46. The number of aromatic nitrogens is 1. The lowest BCUT2D eigenvalue weighted by atomic mass is 9.95. The Morgan fingerprint density at radius 2 is 2.15 bits per heavy atom. The van der Waals surface area contributed by atoms with Gasteiger partial charge in [-0.3, -0.25) is 9.78 Å². The molecule has 6 heteroatoms. The maximum Gasteiger partial charge on any atom is 0.249 e. The third-order valence-electron chi connectivity index (χ3n) is 2.98. The number of carbonyl (C=O) groups excluding carboxylic acids is 1. The molecule has 4 nitrogen and oxygen atoms in total. The van der Waals surface area contributed by atoms with E-state index in [0.717, 1.165) is 4.47 Å². The minimum atomic E-state index is -1.10. The molecule has 2 rings (SSSR count). The van der Waals surface area contributed by atoms with Gasteiger partial charge in [0.15, 0.2) is 5.54 Å². The van der Waals surface area contributed by atoms with Crippen LogP contribution in [0, 0.1) is 0 Å². The standard InChI is InChI=1S/C14H13BrClN3O/c1-14(13(17)20,12-4-2-3-7-18-12)19-9-5-6-11(16)10(15)8-9/h2-8,19H,1H3,(H2,17,20). The predicted octanol–water partition coefficient (Wildman–Crippen LogP) is 3.31. The summed E-state index contributed by atoms with van der Waals surface area (Å²) in [5, 5.41) is 3.71. The Morgan fingerprint density at radius 1 is 1.40 bits per heavy atom. The van der Waals surface area contributed by atoms with Gasteiger partial charge in [0.25, 0.3) is 0 Å². The first kappa shape index (κ1) is 14.8. The first-order valence-corrected chi connectivity index (χ1v) is 7.05. The van der Waals surface area contributed by atoms with E-state index in [2.05, 4.69) is 26.2 Å². The Balaban J connectivity index is 2.39. The number of nitrogens with one attached hydrogen (secondary N) is 1. The topological polar surface area (TPSA) is 68.0 Å². The number of hydrogen-bond acceptors (Lipinski definition) is 3. The fourth-order valence-electron chi connectivity index (χ4n) is 1.77. The molecular weight excluding hydrogens is 342 g/mol. The number of rotatable bonds is 4. The third kappa shape index (κ3) is 2.94. The Hall–Kier alpha value is -1.59. The Labute approximate surface area is 130 Å². The number of carbonyl (C=O) groups is 1. The number of nitrogens with zero attached hydrogens (tertiary/aromatic N) is 1. The van der Waals surface area contributed by atoms with Crippen LogP contribution < -0.4 is 11.1 Å². The van der Waals surface area contributed by atoms with Gasteiger partial charge in [0.2, 0.25) is 5.91 Å². The number of halogens is 2. The predicted molar refractivity (Wildman–Crippen MR) is 83.6 cm³/mol. The fourth-order valence-corrected chi connectivity index (χ4v) is 2.27. The van der Waals surface area contributed by atoms with E-state index in [1.54, 1.807) is 43.5 Å². The zero-order valence-electron chi connectivity index (χ0n) is 10.7. The van der Waals surface area contributed by atoms with Crippen LogP contribution in [0.15, 0.2) is 47.1 Å². The Kier molecular flexibility index (Phi) is 4.30. The van der Waals surface area contributed by atoms with Crippen molar-refractivity contribution in [2.75, 3.05) is 5.32 Å². The summed E-state index contributed by atoms with van der Waals surface area (Å²) in [6.45, 7) is 1.69. The lowest BCUT2D eigenvalue weighted by Gasteiger charge is -2.28. The zero-order valence-corrected chi connectivity index (χ0v) is 13.1. The molecule has 0 aliphatic heterocycles. The first-order valence-electron chi connectivity index (χ1n) is 5.88. The molecule has 0 spiro atoms. The van der Waals surface area contributed by atoms with Gasteiger partial charge in [-0.2, -0.15) is 0 Å². The quantitative estimate of drug-likeness (QED) is 0.885. The molecule has 3 N–H and O–H groups in total. The smallest absolute Gasteiger partial charge is 0.249 e. The molecule has 0 saturated carbocycles. The van der Waals surface area contributed by atoms with E-state index in [-0.39, 0.29) is 0 Å². The van der Waals surface area contributed by atoms with Crippen molar-refractivity contribution < 1.29 is 4.79 Å². The molecule has 1 heterocycles. The maximum absolute atomic E-state index is 11.9. The van der Waals surface area contributed by atoms with E-state index >= 15 is 0 Å². The van der Waals surface area contributed by atoms with Gasteiger partial charge in [0.1, 0.15) is 0 Å². The fraction of sp³-hybridized carbons (Fsp3) is 0.143. The minimum Gasteiger partial charge on any atom is -0.367 e. The normalized spacial score (nSPS) is 13.6. The van der Waals surface area contributed by atoms with Crippen molar-refractivity contribution in [3.8, 4) is 0 Å². The molecule has 1 aromatic carbocycles. The minimum absolute atomic E-state index is 0.512. The second-order valence-corrected chi connectivity index (χ2v) is 5.72. The van der Waals surface area contributed by atoms with Crippen LogP contribution in [-0.2, 0) is 10.3 Å². The van der Waals surface area contributed by atoms with Gasteiger partial charge < -0.3 is 11.1 Å². The van der Waals surface area contributed by atoms with Gasteiger partial charge in [-0.1, -0.05) is 17.7 Å². The molecule has 0 fully saturated rings. The highest BCUT2D eigenvalue weighted by Crippen LogP contribution is 2.29. The van der Waals surface area contributed by atoms with Crippen molar-refractivity contribution in [3.63, 3.8) is 0 Å². The number of nitrogens with two attached hydrogens (primary N) is 1. The second kappa shape index (κ2) is 5.81. The summed E-state index contributed by atoms with van der Waals surface area (Å²) in [5.41, 5.74) is 5.71. The third-order valence-corrected chi connectivity index (χ3v) is 4.20. The molecule has 1 aromatic heterocycles. The number of anilines is 1. The average molecular weight is 355 g/mol.